The number of nitrogens with two attached hydrogens (primary N) is 1. The van der Waals surface area contributed by atoms with Gasteiger partial charge in [-0.3, -0.25) is 4.79 Å². The van der Waals surface area contributed by atoms with Crippen molar-refractivity contribution < 1.29 is 4.79 Å². The minimum atomic E-state index is -0.351. The predicted molar refractivity (Wildman–Crippen MR) is 87.6 cm³/mol. The Morgan fingerprint density at radius 1 is 1.10 bits per heavy atom. The van der Waals surface area contributed by atoms with E-state index in [2.05, 4.69) is 39.9 Å². The van der Waals surface area contributed by atoms with Crippen molar-refractivity contribution in [2.75, 3.05) is 6.54 Å². The molecule has 0 rings (SSSR count). The molecule has 1 amide bonds. The van der Waals surface area contributed by atoms with E-state index in [1.807, 2.05) is 0 Å². The number of hydrogen-bond acceptors (Lipinski definition) is 2. The molecule has 1 atom stereocenters. The van der Waals surface area contributed by atoms with Crippen molar-refractivity contribution in [3.8, 4) is 0 Å². The molecule has 0 aliphatic carbocycles. The van der Waals surface area contributed by atoms with Crippen molar-refractivity contribution in [3.05, 3.63) is 0 Å². The number of amides is 1. The lowest BCUT2D eigenvalue weighted by Crippen LogP contribution is -2.48. The van der Waals surface area contributed by atoms with Crippen LogP contribution in [-0.4, -0.2) is 18.5 Å². The Kier molecular flexibility index (Phi) is 9.91. The van der Waals surface area contributed by atoms with E-state index in [0.717, 1.165) is 38.0 Å². The molecule has 0 radical (unpaired) electrons. The van der Waals surface area contributed by atoms with Gasteiger partial charge in [0.1, 0.15) is 0 Å². The zero-order chi connectivity index (χ0) is 15.6. The zero-order valence-electron chi connectivity index (χ0n) is 14.3. The first-order valence-corrected chi connectivity index (χ1v) is 8.42. The van der Waals surface area contributed by atoms with Crippen LogP contribution in [0.2, 0.25) is 0 Å². The highest BCUT2D eigenvalue weighted by atomic mass is 16.2. The van der Waals surface area contributed by atoms with Gasteiger partial charge in [-0.15, -0.1) is 0 Å². The van der Waals surface area contributed by atoms with Crippen LogP contribution in [0.4, 0.5) is 0 Å². The summed E-state index contributed by atoms with van der Waals surface area (Å²) in [6.07, 6.45) is 7.26. The summed E-state index contributed by atoms with van der Waals surface area (Å²) in [5, 5.41) is 3.20. The third-order valence-corrected chi connectivity index (χ3v) is 4.13. The van der Waals surface area contributed by atoms with Crippen molar-refractivity contribution in [1.29, 1.82) is 0 Å². The minimum absolute atomic E-state index is 0.167. The second-order valence-corrected chi connectivity index (χ2v) is 6.68. The summed E-state index contributed by atoms with van der Waals surface area (Å²) in [6, 6.07) is 0.251. The molecule has 0 aromatic rings. The molecule has 0 aliphatic rings. The summed E-state index contributed by atoms with van der Waals surface area (Å²) in [5.41, 5.74) is 5.58. The fourth-order valence-corrected chi connectivity index (χ4v) is 2.89. The van der Waals surface area contributed by atoms with E-state index in [4.69, 9.17) is 5.73 Å². The number of hydrogen-bond donors (Lipinski definition) is 2. The second-order valence-electron chi connectivity index (χ2n) is 6.68. The molecule has 0 spiro atoms. The minimum Gasteiger partial charge on any atom is -0.353 e. The molecule has 120 valence electrons. The van der Waals surface area contributed by atoms with Gasteiger partial charge in [0.15, 0.2) is 0 Å². The summed E-state index contributed by atoms with van der Waals surface area (Å²) < 4.78 is 0. The topological polar surface area (TPSA) is 55.1 Å². The SMILES string of the molecule is CCCC(CN)(CCC)C(=O)NC(C)CCCC(C)C. The Balaban J connectivity index is 4.43. The summed E-state index contributed by atoms with van der Waals surface area (Å²) in [6.45, 7) is 11.3. The lowest BCUT2D eigenvalue weighted by Gasteiger charge is -2.32. The normalized spacial score (nSPS) is 13.6. The Morgan fingerprint density at radius 2 is 1.65 bits per heavy atom. The quantitative estimate of drug-likeness (QED) is 0.605. The van der Waals surface area contributed by atoms with Gasteiger partial charge in [0.2, 0.25) is 5.91 Å². The largest absolute Gasteiger partial charge is 0.353 e. The monoisotopic (exact) mass is 284 g/mol. The van der Waals surface area contributed by atoms with Gasteiger partial charge >= 0.3 is 0 Å². The van der Waals surface area contributed by atoms with Crippen molar-refractivity contribution in [3.63, 3.8) is 0 Å². The summed E-state index contributed by atoms with van der Waals surface area (Å²) in [4.78, 5) is 12.6. The zero-order valence-corrected chi connectivity index (χ0v) is 14.3. The molecule has 0 heterocycles. The maximum absolute atomic E-state index is 12.6. The molecule has 20 heavy (non-hydrogen) atoms. The van der Waals surface area contributed by atoms with E-state index in [1.54, 1.807) is 0 Å². The molecule has 0 aliphatic heterocycles. The fraction of sp³-hybridized carbons (Fsp3) is 0.941. The first kappa shape index (κ1) is 19.4. The summed E-state index contributed by atoms with van der Waals surface area (Å²) >= 11 is 0. The highest BCUT2D eigenvalue weighted by Gasteiger charge is 2.35. The molecule has 0 aromatic carbocycles. The van der Waals surface area contributed by atoms with Gasteiger partial charge in [-0.25, -0.2) is 0 Å². The van der Waals surface area contributed by atoms with Crippen LogP contribution in [0.25, 0.3) is 0 Å². The van der Waals surface area contributed by atoms with Gasteiger partial charge in [-0.1, -0.05) is 53.4 Å². The van der Waals surface area contributed by atoms with Gasteiger partial charge < -0.3 is 11.1 Å². The van der Waals surface area contributed by atoms with Crippen molar-refractivity contribution in [2.24, 2.45) is 17.1 Å². The van der Waals surface area contributed by atoms with Crippen LogP contribution in [0.3, 0.4) is 0 Å². The van der Waals surface area contributed by atoms with Crippen LogP contribution >= 0.6 is 0 Å². The first-order valence-electron chi connectivity index (χ1n) is 8.42. The summed E-state index contributed by atoms with van der Waals surface area (Å²) in [7, 11) is 0. The maximum Gasteiger partial charge on any atom is 0.227 e. The molecule has 3 nitrogen and oxygen atoms in total. The Hall–Kier alpha value is -0.570. The van der Waals surface area contributed by atoms with E-state index >= 15 is 0 Å². The average molecular weight is 284 g/mol. The van der Waals surface area contributed by atoms with Crippen LogP contribution in [0, 0.1) is 11.3 Å². The highest BCUT2D eigenvalue weighted by molar-refractivity contribution is 5.83. The van der Waals surface area contributed by atoms with Gasteiger partial charge in [-0.05, 0) is 32.1 Å². The second kappa shape index (κ2) is 10.2. The highest BCUT2D eigenvalue weighted by Crippen LogP contribution is 2.29. The first-order chi connectivity index (χ1) is 9.41. The lowest BCUT2D eigenvalue weighted by atomic mass is 9.78. The molecule has 0 fully saturated rings. The third kappa shape index (κ3) is 6.74. The average Bonchev–Trinajstić information content (AvgIpc) is 2.37. The smallest absolute Gasteiger partial charge is 0.227 e. The molecule has 0 saturated heterocycles. The lowest BCUT2D eigenvalue weighted by molar-refractivity contribution is -0.132. The molecule has 1 unspecified atom stereocenters. The Morgan fingerprint density at radius 3 is 2.05 bits per heavy atom. The van der Waals surface area contributed by atoms with E-state index in [9.17, 15) is 4.79 Å². The predicted octanol–water partition coefficient (Wildman–Crippen LogP) is 3.86. The van der Waals surface area contributed by atoms with Gasteiger partial charge in [0.05, 0.1) is 5.41 Å². The Bertz CT molecular complexity index is 258. The molecular weight excluding hydrogens is 248 g/mol. The van der Waals surface area contributed by atoms with Gasteiger partial charge in [-0.2, -0.15) is 0 Å². The maximum atomic E-state index is 12.6. The van der Waals surface area contributed by atoms with Crippen LogP contribution in [0.15, 0.2) is 0 Å². The van der Waals surface area contributed by atoms with E-state index in [0.29, 0.717) is 6.54 Å². The van der Waals surface area contributed by atoms with E-state index < -0.39 is 0 Å². The molecule has 0 aromatic heterocycles. The molecule has 0 bridgehead atoms. The van der Waals surface area contributed by atoms with Crippen LogP contribution < -0.4 is 11.1 Å². The number of rotatable bonds is 11. The van der Waals surface area contributed by atoms with Crippen LogP contribution in [0.5, 0.6) is 0 Å². The molecule has 0 saturated carbocycles. The molecule has 3 heteroatoms. The van der Waals surface area contributed by atoms with E-state index in [-0.39, 0.29) is 17.4 Å². The third-order valence-electron chi connectivity index (χ3n) is 4.13. The standard InChI is InChI=1S/C17H36N2O/c1-6-11-17(13-18,12-7-2)16(20)19-15(5)10-8-9-14(3)4/h14-15H,6-13,18H2,1-5H3,(H,19,20). The summed E-state index contributed by atoms with van der Waals surface area (Å²) in [5.74, 6) is 0.905. The van der Waals surface area contributed by atoms with Crippen LogP contribution in [0.1, 0.15) is 79.6 Å². The molecule has 3 N–H and O–H groups in total. The van der Waals surface area contributed by atoms with Crippen molar-refractivity contribution in [1.82, 2.24) is 5.32 Å². The van der Waals surface area contributed by atoms with Crippen LogP contribution in [-0.2, 0) is 4.79 Å². The number of carbonyl (C=O) groups is 1. The van der Waals surface area contributed by atoms with Crippen molar-refractivity contribution >= 4 is 5.91 Å². The van der Waals surface area contributed by atoms with Gasteiger partial charge in [0, 0.05) is 12.6 Å². The number of carbonyl (C=O) groups excluding carboxylic acids is 1. The fourth-order valence-electron chi connectivity index (χ4n) is 2.89. The van der Waals surface area contributed by atoms with E-state index in [1.165, 1.54) is 12.8 Å². The Labute approximate surface area is 126 Å². The number of nitrogens with one attached hydrogen (secondary N) is 1. The van der Waals surface area contributed by atoms with Crippen molar-refractivity contribution in [2.45, 2.75) is 85.6 Å². The molecular formula is C17H36N2O. The van der Waals surface area contributed by atoms with Gasteiger partial charge in [0.25, 0.3) is 0 Å².